The number of quaternary nitrogens is 1. The highest BCUT2D eigenvalue weighted by Gasteiger charge is 2.53. The van der Waals surface area contributed by atoms with Crippen LogP contribution in [-0.4, -0.2) is 61.7 Å². The molecule has 3 fully saturated rings. The molecule has 3 aliphatic rings. The van der Waals surface area contributed by atoms with Gasteiger partial charge in [0.15, 0.2) is 0 Å². The van der Waals surface area contributed by atoms with Gasteiger partial charge in [0.05, 0.1) is 50.8 Å². The predicted octanol–water partition coefficient (Wildman–Crippen LogP) is -1.03. The molecule has 6 nitrogen and oxygen atoms in total. The highest BCUT2D eigenvalue weighted by Crippen LogP contribution is 2.44. The zero-order chi connectivity index (χ0) is 18.8. The minimum Gasteiger partial charge on any atom is -0.550 e. The number of hydrogen-bond donors (Lipinski definition) is 1. The van der Waals surface area contributed by atoms with E-state index in [1.54, 1.807) is 0 Å². The Labute approximate surface area is 159 Å². The molecular weight excluding hydrogens is 344 g/mol. The molecule has 0 spiro atoms. The van der Waals surface area contributed by atoms with Crippen LogP contribution in [0.2, 0.25) is 0 Å². The van der Waals surface area contributed by atoms with Crippen molar-refractivity contribution in [1.29, 1.82) is 0 Å². The number of piperazine rings is 1. The average molecular weight is 370 g/mol. The minimum atomic E-state index is -1.14. The molecule has 0 aromatic heterocycles. The number of nitrogens with one attached hydrogen (secondary N) is 1. The van der Waals surface area contributed by atoms with Crippen molar-refractivity contribution in [3.63, 3.8) is 0 Å². The summed E-state index contributed by atoms with van der Waals surface area (Å²) in [6, 6.07) is 10.2. The third-order valence-electron chi connectivity index (χ3n) is 6.13. The molecule has 0 unspecified atom stereocenters. The Bertz CT molecular complexity index is 712. The molecule has 3 aliphatic heterocycles. The van der Waals surface area contributed by atoms with Gasteiger partial charge in [0.25, 0.3) is 0 Å². The third kappa shape index (κ3) is 3.77. The Morgan fingerprint density at radius 3 is 2.44 bits per heavy atom. The van der Waals surface area contributed by atoms with Crippen LogP contribution in [0.25, 0.3) is 6.08 Å². The smallest absolute Gasteiger partial charge is 0.229 e. The number of nitrogens with zero attached hydrogens (tertiary/aromatic N) is 1. The molecule has 4 atom stereocenters. The van der Waals surface area contributed by atoms with Gasteiger partial charge in [0, 0.05) is 11.9 Å². The van der Waals surface area contributed by atoms with E-state index in [1.165, 1.54) is 10.5 Å². The molecule has 4 rings (SSSR count). The van der Waals surface area contributed by atoms with Crippen molar-refractivity contribution in [3.8, 4) is 0 Å². The molecule has 0 radical (unpaired) electrons. The summed E-state index contributed by atoms with van der Waals surface area (Å²) in [5.74, 6) is -2.55. The summed E-state index contributed by atoms with van der Waals surface area (Å²) >= 11 is 0. The molecule has 0 saturated carbocycles. The first-order chi connectivity index (χ1) is 13.1. The van der Waals surface area contributed by atoms with E-state index in [0.29, 0.717) is 13.1 Å². The molecule has 6 heteroatoms. The first-order valence-electron chi connectivity index (χ1n) is 9.84. The van der Waals surface area contributed by atoms with Crippen LogP contribution in [0.4, 0.5) is 0 Å². The quantitative estimate of drug-likeness (QED) is 0.719. The Balaban J connectivity index is 1.29. The van der Waals surface area contributed by atoms with Gasteiger partial charge in [-0.05, 0) is 24.5 Å². The number of hydrogen-bond acceptors (Lipinski definition) is 4. The number of carboxylic acids is 1. The van der Waals surface area contributed by atoms with Gasteiger partial charge >= 0.3 is 0 Å². The largest absolute Gasteiger partial charge is 0.550 e. The maximum Gasteiger partial charge on any atom is 0.229 e. The van der Waals surface area contributed by atoms with Crippen LogP contribution in [0, 0.1) is 11.8 Å². The van der Waals surface area contributed by atoms with E-state index < -0.39 is 17.8 Å². The van der Waals surface area contributed by atoms with Crippen molar-refractivity contribution in [3.05, 3.63) is 42.0 Å². The fourth-order valence-electron chi connectivity index (χ4n) is 4.68. The maximum absolute atomic E-state index is 12.9. The summed E-state index contributed by atoms with van der Waals surface area (Å²) < 4.78 is 5.70. The second-order valence-electron chi connectivity index (χ2n) is 7.75. The summed E-state index contributed by atoms with van der Waals surface area (Å²) in [6.45, 7) is 4.02. The number of rotatable bonds is 5. The number of fused-ring (bicyclic) bond motifs is 2. The summed E-state index contributed by atoms with van der Waals surface area (Å²) in [7, 11) is 0. The molecule has 2 bridgehead atoms. The number of carboxylic acid groups (broad SMARTS) is 1. The fourth-order valence-corrected chi connectivity index (χ4v) is 4.68. The Hall–Kier alpha value is -2.18. The topological polar surface area (TPSA) is 74.1 Å². The molecule has 1 aromatic rings. The second-order valence-corrected chi connectivity index (χ2v) is 7.75. The third-order valence-corrected chi connectivity index (χ3v) is 6.13. The fraction of sp³-hybridized carbons (Fsp3) is 0.524. The monoisotopic (exact) mass is 370 g/mol. The number of aliphatic carboxylic acids is 1. The van der Waals surface area contributed by atoms with Gasteiger partial charge in [-0.3, -0.25) is 4.79 Å². The molecule has 1 N–H and O–H groups in total. The number of carbonyl (C=O) groups excluding carboxylic acids is 2. The number of carbonyl (C=O) groups is 2. The summed E-state index contributed by atoms with van der Waals surface area (Å²) in [5, 5.41) is 11.5. The number of amides is 1. The molecule has 27 heavy (non-hydrogen) atoms. The normalized spacial score (nSPS) is 30.9. The van der Waals surface area contributed by atoms with Gasteiger partial charge in [-0.25, -0.2) is 0 Å². The second kappa shape index (κ2) is 7.82. The SMILES string of the molecule is O=C([O-])[C@@H]1[C@@H](C(=O)N2CC[NH+](C/C=C/c3ccccc3)CC2)[C@@H]2CC[C@H]1O2. The van der Waals surface area contributed by atoms with E-state index in [0.717, 1.165) is 32.5 Å². The van der Waals surface area contributed by atoms with Crippen molar-refractivity contribution >= 4 is 18.0 Å². The number of benzene rings is 1. The molecule has 144 valence electrons. The average Bonchev–Trinajstić information content (AvgIpc) is 3.30. The van der Waals surface area contributed by atoms with Crippen LogP contribution >= 0.6 is 0 Å². The van der Waals surface area contributed by atoms with Gasteiger partial charge in [0.2, 0.25) is 5.91 Å². The van der Waals surface area contributed by atoms with Crippen LogP contribution in [0.3, 0.4) is 0 Å². The molecular formula is C21H26N2O4. The van der Waals surface area contributed by atoms with Crippen molar-refractivity contribution in [2.75, 3.05) is 32.7 Å². The Morgan fingerprint density at radius 2 is 1.78 bits per heavy atom. The first-order valence-corrected chi connectivity index (χ1v) is 9.84. The predicted molar refractivity (Wildman–Crippen MR) is 97.5 cm³/mol. The van der Waals surface area contributed by atoms with E-state index in [9.17, 15) is 14.7 Å². The zero-order valence-corrected chi connectivity index (χ0v) is 15.4. The van der Waals surface area contributed by atoms with Crippen LogP contribution in [0.5, 0.6) is 0 Å². The van der Waals surface area contributed by atoms with Crippen LogP contribution in [-0.2, 0) is 14.3 Å². The van der Waals surface area contributed by atoms with Crippen molar-refractivity contribution in [1.82, 2.24) is 4.90 Å². The van der Waals surface area contributed by atoms with E-state index in [1.807, 2.05) is 23.1 Å². The van der Waals surface area contributed by atoms with E-state index in [-0.39, 0.29) is 18.1 Å². The Morgan fingerprint density at radius 1 is 1.11 bits per heavy atom. The van der Waals surface area contributed by atoms with Gasteiger partial charge in [-0.2, -0.15) is 0 Å². The molecule has 1 aromatic carbocycles. The molecule has 1 amide bonds. The van der Waals surface area contributed by atoms with E-state index >= 15 is 0 Å². The van der Waals surface area contributed by atoms with Crippen molar-refractivity contribution in [2.45, 2.75) is 25.0 Å². The van der Waals surface area contributed by atoms with Gasteiger partial charge in [0.1, 0.15) is 0 Å². The van der Waals surface area contributed by atoms with E-state index in [4.69, 9.17) is 4.74 Å². The lowest BCUT2D eigenvalue weighted by Gasteiger charge is -2.36. The lowest BCUT2D eigenvalue weighted by Crippen LogP contribution is -3.14. The van der Waals surface area contributed by atoms with Crippen LogP contribution in [0.15, 0.2) is 36.4 Å². The minimum absolute atomic E-state index is 0.0599. The van der Waals surface area contributed by atoms with Crippen molar-refractivity contribution in [2.24, 2.45) is 11.8 Å². The summed E-state index contributed by atoms with van der Waals surface area (Å²) in [4.78, 5) is 27.7. The molecule has 3 heterocycles. The summed E-state index contributed by atoms with van der Waals surface area (Å²) in [5.41, 5.74) is 1.19. The lowest BCUT2D eigenvalue weighted by molar-refractivity contribution is -0.898. The molecule has 3 saturated heterocycles. The first kappa shape index (κ1) is 18.2. The molecule has 0 aliphatic carbocycles. The van der Waals surface area contributed by atoms with Crippen molar-refractivity contribution < 1.29 is 24.3 Å². The zero-order valence-electron chi connectivity index (χ0n) is 15.4. The van der Waals surface area contributed by atoms with Crippen LogP contribution in [0.1, 0.15) is 18.4 Å². The summed E-state index contributed by atoms with van der Waals surface area (Å²) in [6.07, 6.45) is 5.22. The number of ether oxygens (including phenoxy) is 1. The standard InChI is InChI=1S/C21H26N2O4/c24-20(18-16-8-9-17(27-16)19(18)21(25)26)23-13-11-22(12-14-23)10-4-7-15-5-2-1-3-6-15/h1-7,16-19H,8-14H2,(H,25,26)/b7-4+/t16-,17+,18-,19-/m0/s1. The van der Waals surface area contributed by atoms with E-state index in [2.05, 4.69) is 24.3 Å². The lowest BCUT2D eigenvalue weighted by atomic mass is 9.78. The highest BCUT2D eigenvalue weighted by molar-refractivity contribution is 5.86. The van der Waals surface area contributed by atoms with Gasteiger partial charge in [-0.15, -0.1) is 0 Å². The Kier molecular flexibility index (Phi) is 5.27. The van der Waals surface area contributed by atoms with Gasteiger partial charge < -0.3 is 24.4 Å². The highest BCUT2D eigenvalue weighted by atomic mass is 16.5. The van der Waals surface area contributed by atoms with Gasteiger partial charge in [-0.1, -0.05) is 36.4 Å². The van der Waals surface area contributed by atoms with Crippen LogP contribution < -0.4 is 10.0 Å². The maximum atomic E-state index is 12.9.